The first-order chi connectivity index (χ1) is 13.0. The van der Waals surface area contributed by atoms with E-state index < -0.39 is 0 Å². The third kappa shape index (κ3) is 5.43. The first-order valence-corrected chi connectivity index (χ1v) is 9.65. The van der Waals surface area contributed by atoms with Gasteiger partial charge in [0.15, 0.2) is 0 Å². The van der Waals surface area contributed by atoms with Crippen LogP contribution in [0.25, 0.3) is 0 Å². The lowest BCUT2D eigenvalue weighted by atomic mass is 10.0. The zero-order chi connectivity index (χ0) is 19.2. The van der Waals surface area contributed by atoms with E-state index in [4.69, 9.17) is 9.15 Å². The van der Waals surface area contributed by atoms with Gasteiger partial charge in [0.1, 0.15) is 18.1 Å². The number of rotatable bonds is 8. The van der Waals surface area contributed by atoms with E-state index in [1.807, 2.05) is 13.0 Å². The second-order valence-corrected chi connectivity index (χ2v) is 7.33. The van der Waals surface area contributed by atoms with E-state index in [2.05, 4.69) is 39.1 Å². The maximum absolute atomic E-state index is 11.5. The molecule has 0 saturated heterocycles. The standard InChI is InChI=1S/C20H30N4O3/c1-15(19-6-5-16(2)27-19)7-10-23-8-4-9-24-18(13-23)11-17(22-24)12-21-20(25)14-26-3/h5-6,11,15H,4,7-10,12-14H2,1-3H3,(H,21,25). The van der Waals surface area contributed by atoms with Crippen LogP contribution in [-0.2, 0) is 29.2 Å². The van der Waals surface area contributed by atoms with Gasteiger partial charge < -0.3 is 14.5 Å². The van der Waals surface area contributed by atoms with Crippen molar-refractivity contribution in [3.8, 4) is 0 Å². The summed E-state index contributed by atoms with van der Waals surface area (Å²) < 4.78 is 12.7. The van der Waals surface area contributed by atoms with Gasteiger partial charge in [0.2, 0.25) is 5.91 Å². The maximum Gasteiger partial charge on any atom is 0.246 e. The van der Waals surface area contributed by atoms with Crippen molar-refractivity contribution >= 4 is 5.91 Å². The van der Waals surface area contributed by atoms with Crippen molar-refractivity contribution in [2.75, 3.05) is 26.8 Å². The van der Waals surface area contributed by atoms with Crippen LogP contribution >= 0.6 is 0 Å². The molecule has 0 saturated carbocycles. The monoisotopic (exact) mass is 374 g/mol. The van der Waals surface area contributed by atoms with Crippen LogP contribution in [0.15, 0.2) is 22.6 Å². The topological polar surface area (TPSA) is 72.5 Å². The fraction of sp³-hybridized carbons (Fsp3) is 0.600. The number of nitrogens with one attached hydrogen (secondary N) is 1. The minimum atomic E-state index is -0.121. The highest BCUT2D eigenvalue weighted by Gasteiger charge is 2.18. The number of fused-ring (bicyclic) bond motifs is 1. The fourth-order valence-corrected chi connectivity index (χ4v) is 3.47. The number of aryl methyl sites for hydroxylation is 2. The van der Waals surface area contributed by atoms with Crippen LogP contribution in [0.4, 0.5) is 0 Å². The van der Waals surface area contributed by atoms with E-state index in [-0.39, 0.29) is 12.5 Å². The lowest BCUT2D eigenvalue weighted by molar-refractivity contribution is -0.124. The third-order valence-corrected chi connectivity index (χ3v) is 5.01. The SMILES string of the molecule is COCC(=O)NCc1cc2n(n1)CCCN(CCC(C)c1ccc(C)o1)C2. The van der Waals surface area contributed by atoms with Gasteiger partial charge in [0.05, 0.1) is 17.9 Å². The molecule has 1 atom stereocenters. The van der Waals surface area contributed by atoms with E-state index in [1.165, 1.54) is 12.8 Å². The molecule has 1 unspecified atom stereocenters. The quantitative estimate of drug-likeness (QED) is 0.768. The Hall–Kier alpha value is -2.12. The Balaban J connectivity index is 1.53. The lowest BCUT2D eigenvalue weighted by Gasteiger charge is -2.21. The van der Waals surface area contributed by atoms with Gasteiger partial charge in [0, 0.05) is 32.7 Å². The number of amides is 1. The zero-order valence-electron chi connectivity index (χ0n) is 16.5. The molecule has 2 aromatic heterocycles. The van der Waals surface area contributed by atoms with E-state index in [0.29, 0.717) is 12.5 Å². The number of carbonyl (C=O) groups is 1. The highest BCUT2D eigenvalue weighted by atomic mass is 16.5. The Bertz CT molecular complexity index is 752. The van der Waals surface area contributed by atoms with Gasteiger partial charge >= 0.3 is 0 Å². The summed E-state index contributed by atoms with van der Waals surface area (Å²) >= 11 is 0. The summed E-state index contributed by atoms with van der Waals surface area (Å²) in [6, 6.07) is 6.22. The molecule has 0 aliphatic carbocycles. The molecule has 3 rings (SSSR count). The lowest BCUT2D eigenvalue weighted by Crippen LogP contribution is -2.27. The number of furan rings is 1. The molecule has 7 heteroatoms. The van der Waals surface area contributed by atoms with Crippen LogP contribution in [0.3, 0.4) is 0 Å². The van der Waals surface area contributed by atoms with Crippen molar-refractivity contribution in [2.45, 2.75) is 52.2 Å². The number of hydrogen-bond donors (Lipinski definition) is 1. The minimum Gasteiger partial charge on any atom is -0.466 e. The van der Waals surface area contributed by atoms with Gasteiger partial charge in [-0.25, -0.2) is 0 Å². The smallest absolute Gasteiger partial charge is 0.246 e. The average molecular weight is 374 g/mol. The van der Waals surface area contributed by atoms with Crippen molar-refractivity contribution in [1.82, 2.24) is 20.0 Å². The van der Waals surface area contributed by atoms with Crippen molar-refractivity contribution in [3.05, 3.63) is 41.1 Å². The molecular formula is C20H30N4O3. The van der Waals surface area contributed by atoms with Gasteiger partial charge in [-0.3, -0.25) is 14.4 Å². The molecule has 0 fully saturated rings. The fourth-order valence-electron chi connectivity index (χ4n) is 3.47. The third-order valence-electron chi connectivity index (χ3n) is 5.01. The summed E-state index contributed by atoms with van der Waals surface area (Å²) in [4.78, 5) is 14.0. The van der Waals surface area contributed by atoms with Crippen molar-refractivity contribution in [2.24, 2.45) is 0 Å². The van der Waals surface area contributed by atoms with E-state index in [9.17, 15) is 4.79 Å². The summed E-state index contributed by atoms with van der Waals surface area (Å²) in [6.45, 7) is 8.65. The molecule has 1 aliphatic rings. The number of carbonyl (C=O) groups excluding carboxylic acids is 1. The van der Waals surface area contributed by atoms with Crippen LogP contribution in [0.2, 0.25) is 0 Å². The van der Waals surface area contributed by atoms with E-state index >= 15 is 0 Å². The number of methoxy groups -OCH3 is 1. The molecular weight excluding hydrogens is 344 g/mol. The molecule has 0 spiro atoms. The van der Waals surface area contributed by atoms with Crippen LogP contribution in [0.5, 0.6) is 0 Å². The second kappa shape index (κ2) is 9.19. The first kappa shape index (κ1) is 19.6. The largest absolute Gasteiger partial charge is 0.466 e. The number of ether oxygens (including phenoxy) is 1. The average Bonchev–Trinajstić information content (AvgIpc) is 3.19. The Morgan fingerprint density at radius 3 is 3.00 bits per heavy atom. The van der Waals surface area contributed by atoms with Crippen molar-refractivity contribution in [1.29, 1.82) is 0 Å². The Morgan fingerprint density at radius 1 is 1.41 bits per heavy atom. The molecule has 3 heterocycles. The molecule has 148 valence electrons. The van der Waals surface area contributed by atoms with Gasteiger partial charge in [0.25, 0.3) is 0 Å². The van der Waals surface area contributed by atoms with Gasteiger partial charge in [-0.1, -0.05) is 6.92 Å². The molecule has 1 N–H and O–H groups in total. The summed E-state index contributed by atoms with van der Waals surface area (Å²) in [5.74, 6) is 2.34. The molecule has 7 nitrogen and oxygen atoms in total. The summed E-state index contributed by atoms with van der Waals surface area (Å²) in [5, 5.41) is 7.47. The highest BCUT2D eigenvalue weighted by Crippen LogP contribution is 2.23. The van der Waals surface area contributed by atoms with Crippen LogP contribution in [0, 0.1) is 6.92 Å². The molecule has 2 aromatic rings. The predicted molar refractivity (Wildman–Crippen MR) is 102 cm³/mol. The maximum atomic E-state index is 11.5. The van der Waals surface area contributed by atoms with E-state index in [0.717, 1.165) is 56.2 Å². The molecule has 1 aliphatic heterocycles. The second-order valence-electron chi connectivity index (χ2n) is 7.33. The van der Waals surface area contributed by atoms with Crippen molar-refractivity contribution < 1.29 is 13.9 Å². The molecule has 0 radical (unpaired) electrons. The minimum absolute atomic E-state index is 0.0781. The van der Waals surface area contributed by atoms with Crippen LogP contribution < -0.4 is 5.32 Å². The summed E-state index contributed by atoms with van der Waals surface area (Å²) in [6.07, 6.45) is 2.15. The van der Waals surface area contributed by atoms with Gasteiger partial charge in [-0.2, -0.15) is 5.10 Å². The van der Waals surface area contributed by atoms with Crippen LogP contribution in [0.1, 0.15) is 48.6 Å². The normalized spacial score (nSPS) is 16.0. The van der Waals surface area contributed by atoms with Gasteiger partial charge in [-0.15, -0.1) is 0 Å². The molecule has 27 heavy (non-hydrogen) atoms. The zero-order valence-corrected chi connectivity index (χ0v) is 16.5. The highest BCUT2D eigenvalue weighted by molar-refractivity contribution is 5.77. The van der Waals surface area contributed by atoms with Crippen LogP contribution in [-0.4, -0.2) is 47.4 Å². The van der Waals surface area contributed by atoms with Gasteiger partial charge in [-0.05, 0) is 44.5 Å². The summed E-state index contributed by atoms with van der Waals surface area (Å²) in [5.41, 5.74) is 2.11. The first-order valence-electron chi connectivity index (χ1n) is 9.65. The van der Waals surface area contributed by atoms with E-state index in [1.54, 1.807) is 0 Å². The molecule has 0 bridgehead atoms. The number of nitrogens with zero attached hydrogens (tertiary/aromatic N) is 3. The number of aromatic nitrogens is 2. The Labute approximate surface area is 160 Å². The summed E-state index contributed by atoms with van der Waals surface area (Å²) in [7, 11) is 1.51. The molecule has 1 amide bonds. The molecule has 0 aromatic carbocycles. The Morgan fingerprint density at radius 2 is 2.26 bits per heavy atom. The van der Waals surface area contributed by atoms with Crippen molar-refractivity contribution in [3.63, 3.8) is 0 Å². The predicted octanol–water partition coefficient (Wildman–Crippen LogP) is 2.45. The number of hydrogen-bond acceptors (Lipinski definition) is 5. The Kier molecular flexibility index (Phi) is 6.68.